The molecule has 0 aromatic carbocycles. The lowest BCUT2D eigenvalue weighted by molar-refractivity contribution is -0.137. The minimum absolute atomic E-state index is 0.0276. The van der Waals surface area contributed by atoms with Gasteiger partial charge < -0.3 is 15.3 Å². The van der Waals surface area contributed by atoms with E-state index < -0.39 is 5.97 Å². The number of carbonyl (C=O) groups excluding carboxylic acids is 1. The van der Waals surface area contributed by atoms with Crippen LogP contribution in [0.5, 0.6) is 0 Å². The Hall–Kier alpha value is -1.26. The number of carboxylic acid groups (broad SMARTS) is 1. The smallest absolute Gasteiger partial charge is 0.317 e. The Morgan fingerprint density at radius 2 is 2.00 bits per heavy atom. The fraction of sp³-hybridized carbons (Fsp3) is 0.833. The first kappa shape index (κ1) is 13.8. The Labute approximate surface area is 102 Å². The first-order chi connectivity index (χ1) is 7.99. The average Bonchev–Trinajstić information content (AvgIpc) is 2.26. The van der Waals surface area contributed by atoms with E-state index in [0.29, 0.717) is 12.5 Å². The number of hydrogen-bond acceptors (Lipinski definition) is 2. The third-order valence-corrected chi connectivity index (χ3v) is 3.20. The summed E-state index contributed by atoms with van der Waals surface area (Å²) >= 11 is 0. The molecule has 0 bridgehead atoms. The largest absolute Gasteiger partial charge is 0.481 e. The second-order valence-electron chi connectivity index (χ2n) is 5.06. The van der Waals surface area contributed by atoms with Crippen molar-refractivity contribution >= 4 is 12.0 Å². The molecule has 1 heterocycles. The van der Waals surface area contributed by atoms with Crippen molar-refractivity contribution in [3.63, 3.8) is 0 Å². The second-order valence-corrected chi connectivity index (χ2v) is 5.06. The molecule has 1 atom stereocenters. The van der Waals surface area contributed by atoms with Gasteiger partial charge in [-0.2, -0.15) is 0 Å². The SMILES string of the molecule is CC1CCN(C(=O)NCC(C)CC(=O)O)CC1. The Morgan fingerprint density at radius 3 is 2.53 bits per heavy atom. The summed E-state index contributed by atoms with van der Waals surface area (Å²) in [7, 11) is 0. The van der Waals surface area contributed by atoms with Gasteiger partial charge in [-0.1, -0.05) is 13.8 Å². The van der Waals surface area contributed by atoms with Crippen LogP contribution in [-0.4, -0.2) is 41.6 Å². The number of likely N-dealkylation sites (tertiary alicyclic amines) is 1. The van der Waals surface area contributed by atoms with Crippen LogP contribution >= 0.6 is 0 Å². The number of aliphatic carboxylic acids is 1. The Kier molecular flexibility index (Phi) is 5.25. The van der Waals surface area contributed by atoms with Crippen molar-refractivity contribution in [3.05, 3.63) is 0 Å². The maximum absolute atomic E-state index is 11.8. The van der Waals surface area contributed by atoms with Crippen molar-refractivity contribution < 1.29 is 14.7 Å². The number of carboxylic acids is 1. The molecule has 0 aromatic heterocycles. The predicted octanol–water partition coefficient (Wildman–Crippen LogP) is 1.54. The third kappa shape index (κ3) is 5.06. The zero-order valence-electron chi connectivity index (χ0n) is 10.6. The molecule has 1 unspecified atom stereocenters. The van der Waals surface area contributed by atoms with Gasteiger partial charge in [0.1, 0.15) is 0 Å². The van der Waals surface area contributed by atoms with Crippen LogP contribution in [0.15, 0.2) is 0 Å². The van der Waals surface area contributed by atoms with E-state index in [0.717, 1.165) is 25.9 Å². The van der Waals surface area contributed by atoms with E-state index in [-0.39, 0.29) is 18.4 Å². The van der Waals surface area contributed by atoms with E-state index in [4.69, 9.17) is 5.11 Å². The van der Waals surface area contributed by atoms with Crippen LogP contribution in [0, 0.1) is 11.8 Å². The maximum atomic E-state index is 11.8. The fourth-order valence-corrected chi connectivity index (χ4v) is 1.96. The van der Waals surface area contributed by atoms with Crippen molar-refractivity contribution in [1.82, 2.24) is 10.2 Å². The first-order valence-corrected chi connectivity index (χ1v) is 6.23. The van der Waals surface area contributed by atoms with Crippen LogP contribution in [0.1, 0.15) is 33.1 Å². The molecule has 2 amide bonds. The summed E-state index contributed by atoms with van der Waals surface area (Å²) < 4.78 is 0. The van der Waals surface area contributed by atoms with Gasteiger partial charge in [0, 0.05) is 26.1 Å². The third-order valence-electron chi connectivity index (χ3n) is 3.20. The molecule has 1 fully saturated rings. The van der Waals surface area contributed by atoms with E-state index in [9.17, 15) is 9.59 Å². The first-order valence-electron chi connectivity index (χ1n) is 6.23. The molecular weight excluding hydrogens is 220 g/mol. The Bertz CT molecular complexity index is 273. The summed E-state index contributed by atoms with van der Waals surface area (Å²) in [6, 6.07) is -0.0610. The minimum Gasteiger partial charge on any atom is -0.481 e. The fourth-order valence-electron chi connectivity index (χ4n) is 1.96. The lowest BCUT2D eigenvalue weighted by Gasteiger charge is -2.30. The van der Waals surface area contributed by atoms with E-state index in [1.54, 1.807) is 0 Å². The van der Waals surface area contributed by atoms with Crippen molar-refractivity contribution in [2.45, 2.75) is 33.1 Å². The topological polar surface area (TPSA) is 69.6 Å². The number of rotatable bonds is 4. The standard InChI is InChI=1S/C12H22N2O3/c1-9-3-5-14(6-4-9)12(17)13-8-10(2)7-11(15)16/h9-10H,3-8H2,1-2H3,(H,13,17)(H,15,16). The summed E-state index contributed by atoms with van der Waals surface area (Å²) in [5.41, 5.74) is 0. The van der Waals surface area contributed by atoms with Gasteiger partial charge in [-0.05, 0) is 24.7 Å². The summed E-state index contributed by atoms with van der Waals surface area (Å²) in [5.74, 6) is -0.149. The second kappa shape index (κ2) is 6.47. The Balaban J connectivity index is 2.22. The quantitative estimate of drug-likeness (QED) is 0.785. The van der Waals surface area contributed by atoms with Crippen LogP contribution in [0.3, 0.4) is 0 Å². The highest BCUT2D eigenvalue weighted by molar-refractivity contribution is 5.74. The normalized spacial score (nSPS) is 18.8. The number of nitrogens with zero attached hydrogens (tertiary/aromatic N) is 1. The highest BCUT2D eigenvalue weighted by Gasteiger charge is 2.20. The lowest BCUT2D eigenvalue weighted by atomic mass is 10.00. The molecule has 5 heteroatoms. The van der Waals surface area contributed by atoms with E-state index in [2.05, 4.69) is 12.2 Å². The van der Waals surface area contributed by atoms with Gasteiger partial charge in [-0.3, -0.25) is 4.79 Å². The minimum atomic E-state index is -0.821. The van der Waals surface area contributed by atoms with Crippen molar-refractivity contribution in [3.8, 4) is 0 Å². The molecule has 1 aliphatic rings. The van der Waals surface area contributed by atoms with E-state index >= 15 is 0 Å². The number of hydrogen-bond donors (Lipinski definition) is 2. The van der Waals surface area contributed by atoms with Gasteiger partial charge >= 0.3 is 12.0 Å². The molecule has 1 aliphatic heterocycles. The van der Waals surface area contributed by atoms with Gasteiger partial charge in [0.15, 0.2) is 0 Å². The van der Waals surface area contributed by atoms with Crippen LogP contribution in [0.25, 0.3) is 0 Å². The number of amides is 2. The van der Waals surface area contributed by atoms with Gasteiger partial charge in [0.05, 0.1) is 0 Å². The molecule has 0 aromatic rings. The molecule has 1 saturated heterocycles. The van der Waals surface area contributed by atoms with Gasteiger partial charge in [-0.25, -0.2) is 4.79 Å². The number of carbonyl (C=O) groups is 2. The number of piperidine rings is 1. The molecule has 0 spiro atoms. The van der Waals surface area contributed by atoms with Gasteiger partial charge in [-0.15, -0.1) is 0 Å². The highest BCUT2D eigenvalue weighted by atomic mass is 16.4. The molecule has 98 valence electrons. The zero-order valence-corrected chi connectivity index (χ0v) is 10.6. The monoisotopic (exact) mass is 242 g/mol. The molecule has 0 saturated carbocycles. The van der Waals surface area contributed by atoms with E-state index in [1.807, 2.05) is 11.8 Å². The zero-order chi connectivity index (χ0) is 12.8. The van der Waals surface area contributed by atoms with Crippen LogP contribution in [-0.2, 0) is 4.79 Å². The average molecular weight is 242 g/mol. The number of urea groups is 1. The molecule has 0 radical (unpaired) electrons. The summed E-state index contributed by atoms with van der Waals surface area (Å²) in [6.45, 7) is 6.06. The molecule has 17 heavy (non-hydrogen) atoms. The molecule has 2 N–H and O–H groups in total. The van der Waals surface area contributed by atoms with Crippen LogP contribution < -0.4 is 5.32 Å². The van der Waals surface area contributed by atoms with Crippen LogP contribution in [0.4, 0.5) is 4.79 Å². The molecule has 1 rings (SSSR count). The summed E-state index contributed by atoms with van der Waals surface area (Å²) in [4.78, 5) is 24.0. The van der Waals surface area contributed by atoms with E-state index in [1.165, 1.54) is 0 Å². The van der Waals surface area contributed by atoms with Gasteiger partial charge in [0.2, 0.25) is 0 Å². The van der Waals surface area contributed by atoms with Crippen LogP contribution in [0.2, 0.25) is 0 Å². The lowest BCUT2D eigenvalue weighted by Crippen LogP contribution is -2.45. The van der Waals surface area contributed by atoms with Crippen molar-refractivity contribution in [2.24, 2.45) is 11.8 Å². The maximum Gasteiger partial charge on any atom is 0.317 e. The van der Waals surface area contributed by atoms with Crippen molar-refractivity contribution in [2.75, 3.05) is 19.6 Å². The van der Waals surface area contributed by atoms with Gasteiger partial charge in [0.25, 0.3) is 0 Å². The molecule has 0 aliphatic carbocycles. The van der Waals surface area contributed by atoms with Crippen molar-refractivity contribution in [1.29, 1.82) is 0 Å². The predicted molar refractivity (Wildman–Crippen MR) is 64.8 cm³/mol. The molecule has 5 nitrogen and oxygen atoms in total. The molecular formula is C12H22N2O3. The Morgan fingerprint density at radius 1 is 1.41 bits per heavy atom. The number of nitrogens with one attached hydrogen (secondary N) is 1. The highest BCUT2D eigenvalue weighted by Crippen LogP contribution is 2.15. The summed E-state index contributed by atoms with van der Waals surface area (Å²) in [6.07, 6.45) is 2.20. The summed E-state index contributed by atoms with van der Waals surface area (Å²) in [5, 5.41) is 11.4.